The number of hydrogen-bond donors (Lipinski definition) is 1. The first kappa shape index (κ1) is 19.2. The average Bonchev–Trinajstić information content (AvgIpc) is 3.05. The number of carbonyl (C=O) groups excluding carboxylic acids is 1. The molecule has 1 aliphatic rings. The van der Waals surface area contributed by atoms with Crippen molar-refractivity contribution in [2.24, 2.45) is 5.92 Å². The Hall–Kier alpha value is -2.62. The molecule has 2 atom stereocenters. The fraction of sp³-hybridized carbons (Fsp3) is 0.294. The predicted octanol–water partition coefficient (Wildman–Crippen LogP) is 3.11. The largest absolute Gasteiger partial charge is 0.326 e. The van der Waals surface area contributed by atoms with Crippen LogP contribution in [0.4, 0.5) is 13.2 Å². The number of imidazole rings is 1. The van der Waals surface area contributed by atoms with Crippen LogP contribution in [0, 0.1) is 11.7 Å². The zero-order valence-corrected chi connectivity index (χ0v) is 15.0. The molecule has 0 bridgehead atoms. The molecule has 0 spiro atoms. The Bertz CT molecular complexity index is 1000. The topological polar surface area (TPSA) is 81.1 Å². The van der Waals surface area contributed by atoms with Gasteiger partial charge in [0.1, 0.15) is 17.3 Å². The molecule has 1 aliphatic carbocycles. The molecule has 1 N–H and O–H groups in total. The minimum absolute atomic E-state index is 0.170. The molecule has 2 aromatic rings. The van der Waals surface area contributed by atoms with E-state index < -0.39 is 46.1 Å². The van der Waals surface area contributed by atoms with Crippen molar-refractivity contribution in [3.8, 4) is 11.4 Å². The molecule has 0 radical (unpaired) electrons. The highest BCUT2D eigenvalue weighted by Gasteiger charge is 2.54. The van der Waals surface area contributed by atoms with Crippen molar-refractivity contribution < 1.29 is 26.4 Å². The Balaban J connectivity index is 2.03. The molecule has 3 rings (SSSR count). The van der Waals surface area contributed by atoms with E-state index in [2.05, 4.69) is 11.6 Å². The van der Waals surface area contributed by atoms with E-state index in [9.17, 15) is 26.4 Å². The zero-order chi connectivity index (χ0) is 20.0. The lowest BCUT2D eigenvalue weighted by Gasteiger charge is -2.43. The molecule has 27 heavy (non-hydrogen) atoms. The summed E-state index contributed by atoms with van der Waals surface area (Å²) in [6.45, 7) is 4.47. The normalized spacial score (nSPS) is 21.3. The summed E-state index contributed by atoms with van der Waals surface area (Å²) in [5.41, 5.74) is 0.145. The molecule has 2 unspecified atom stereocenters. The molecule has 0 saturated heterocycles. The van der Waals surface area contributed by atoms with Crippen LogP contribution in [0.25, 0.3) is 11.4 Å². The number of alkyl halides is 2. The summed E-state index contributed by atoms with van der Waals surface area (Å²) in [6.07, 6.45) is 0.785. The van der Waals surface area contributed by atoms with E-state index in [1.165, 1.54) is 42.0 Å². The van der Waals surface area contributed by atoms with E-state index in [0.717, 1.165) is 0 Å². The van der Waals surface area contributed by atoms with Gasteiger partial charge < -0.3 is 4.57 Å². The van der Waals surface area contributed by atoms with Gasteiger partial charge in [-0.25, -0.2) is 31.3 Å². The lowest BCUT2D eigenvalue weighted by atomic mass is 9.76. The Morgan fingerprint density at radius 3 is 2.52 bits per heavy atom. The van der Waals surface area contributed by atoms with Crippen LogP contribution >= 0.6 is 0 Å². The maximum Gasteiger partial charge on any atom is 0.285 e. The fourth-order valence-corrected chi connectivity index (χ4v) is 3.34. The van der Waals surface area contributed by atoms with Gasteiger partial charge in [0, 0.05) is 35.5 Å². The van der Waals surface area contributed by atoms with Gasteiger partial charge in [0.05, 0.1) is 0 Å². The smallest absolute Gasteiger partial charge is 0.285 e. The molecule has 1 aromatic heterocycles. The number of nitrogens with one attached hydrogen (secondary N) is 1. The standard InChI is InChI=1S/C17H16F3N3O3S/c1-3-27(25,26)22-16(24)13-9-23(14-8-17(19,20)10(14)2)15(21-13)11-4-6-12(18)7-5-11/h3-7,9-10,14H,1,8H2,2H3,(H,22,24). The maximum atomic E-state index is 13.6. The molecule has 1 aromatic carbocycles. The van der Waals surface area contributed by atoms with Crippen molar-refractivity contribution in [2.45, 2.75) is 25.3 Å². The summed E-state index contributed by atoms with van der Waals surface area (Å²) < 4.78 is 66.6. The van der Waals surface area contributed by atoms with Gasteiger partial charge in [0.2, 0.25) is 0 Å². The van der Waals surface area contributed by atoms with Gasteiger partial charge in [0.15, 0.2) is 0 Å². The van der Waals surface area contributed by atoms with Gasteiger partial charge in [-0.05, 0) is 24.3 Å². The number of rotatable bonds is 5. The first-order chi connectivity index (χ1) is 12.5. The molecular weight excluding hydrogens is 383 g/mol. The van der Waals surface area contributed by atoms with E-state index in [0.29, 0.717) is 11.0 Å². The highest BCUT2D eigenvalue weighted by atomic mass is 32.2. The molecule has 1 heterocycles. The van der Waals surface area contributed by atoms with Gasteiger partial charge in [0.25, 0.3) is 21.9 Å². The van der Waals surface area contributed by atoms with Crippen LogP contribution in [0.2, 0.25) is 0 Å². The van der Waals surface area contributed by atoms with Crippen LogP contribution in [-0.4, -0.2) is 29.8 Å². The quantitative estimate of drug-likeness (QED) is 0.838. The summed E-state index contributed by atoms with van der Waals surface area (Å²) in [5.74, 6) is -5.18. The number of halogens is 3. The highest BCUT2D eigenvalue weighted by molar-refractivity contribution is 7.92. The summed E-state index contributed by atoms with van der Waals surface area (Å²) in [7, 11) is -4.04. The zero-order valence-electron chi connectivity index (χ0n) is 14.2. The van der Waals surface area contributed by atoms with Crippen LogP contribution in [0.3, 0.4) is 0 Å². The van der Waals surface area contributed by atoms with Crippen molar-refractivity contribution >= 4 is 15.9 Å². The number of aromatic nitrogens is 2. The van der Waals surface area contributed by atoms with E-state index in [-0.39, 0.29) is 11.5 Å². The first-order valence-corrected chi connectivity index (χ1v) is 9.51. The molecule has 1 saturated carbocycles. The molecule has 0 aliphatic heterocycles. The molecule has 6 nitrogen and oxygen atoms in total. The van der Waals surface area contributed by atoms with Crippen molar-refractivity contribution in [2.75, 3.05) is 0 Å². The van der Waals surface area contributed by atoms with Crippen LogP contribution in [0.15, 0.2) is 42.4 Å². The second-order valence-electron chi connectivity index (χ2n) is 6.33. The predicted molar refractivity (Wildman–Crippen MR) is 92.0 cm³/mol. The van der Waals surface area contributed by atoms with E-state index in [1.807, 2.05) is 0 Å². The van der Waals surface area contributed by atoms with Crippen molar-refractivity contribution in [3.05, 3.63) is 54.0 Å². The van der Waals surface area contributed by atoms with Gasteiger partial charge in [-0.3, -0.25) is 4.79 Å². The lowest BCUT2D eigenvalue weighted by molar-refractivity contribution is -0.158. The van der Waals surface area contributed by atoms with Crippen LogP contribution in [-0.2, 0) is 10.0 Å². The number of benzene rings is 1. The maximum absolute atomic E-state index is 13.6. The van der Waals surface area contributed by atoms with Gasteiger partial charge in [-0.2, -0.15) is 0 Å². The number of nitrogens with zero attached hydrogens (tertiary/aromatic N) is 2. The average molecular weight is 399 g/mol. The first-order valence-electron chi connectivity index (χ1n) is 7.96. The van der Waals surface area contributed by atoms with Crippen LogP contribution in [0.5, 0.6) is 0 Å². The Labute approximate surface area is 153 Å². The summed E-state index contributed by atoms with van der Waals surface area (Å²) in [5, 5.41) is 0.567. The summed E-state index contributed by atoms with van der Waals surface area (Å²) >= 11 is 0. The van der Waals surface area contributed by atoms with Crippen LogP contribution in [0.1, 0.15) is 29.9 Å². The van der Waals surface area contributed by atoms with Crippen LogP contribution < -0.4 is 4.72 Å². The molecular formula is C17H16F3N3O3S. The number of hydrogen-bond acceptors (Lipinski definition) is 4. The minimum atomic E-state index is -4.04. The van der Waals surface area contributed by atoms with E-state index in [1.54, 1.807) is 4.72 Å². The van der Waals surface area contributed by atoms with Gasteiger partial charge in [-0.1, -0.05) is 13.5 Å². The number of amides is 1. The Kier molecular flexibility index (Phi) is 4.62. The third-order valence-electron chi connectivity index (χ3n) is 4.60. The summed E-state index contributed by atoms with van der Waals surface area (Å²) in [6, 6.07) is 4.52. The number of sulfonamides is 1. The van der Waals surface area contributed by atoms with E-state index >= 15 is 0 Å². The second-order valence-corrected chi connectivity index (χ2v) is 7.96. The minimum Gasteiger partial charge on any atom is -0.326 e. The lowest BCUT2D eigenvalue weighted by Crippen LogP contribution is -2.46. The molecule has 1 fully saturated rings. The highest BCUT2D eigenvalue weighted by Crippen LogP contribution is 2.51. The van der Waals surface area contributed by atoms with Gasteiger partial charge in [-0.15, -0.1) is 0 Å². The van der Waals surface area contributed by atoms with Crippen molar-refractivity contribution in [1.29, 1.82) is 0 Å². The third kappa shape index (κ3) is 3.61. The summed E-state index contributed by atoms with van der Waals surface area (Å²) in [4.78, 5) is 16.3. The molecule has 144 valence electrons. The Morgan fingerprint density at radius 2 is 2.00 bits per heavy atom. The van der Waals surface area contributed by atoms with Gasteiger partial charge >= 0.3 is 0 Å². The van der Waals surface area contributed by atoms with E-state index in [4.69, 9.17) is 0 Å². The second kappa shape index (κ2) is 6.52. The van der Waals surface area contributed by atoms with Crippen molar-refractivity contribution in [1.82, 2.24) is 14.3 Å². The SMILES string of the molecule is C=CS(=O)(=O)NC(=O)c1cn(C2CC(F)(F)C2C)c(-c2ccc(F)cc2)n1. The molecule has 1 amide bonds. The molecule has 10 heteroatoms. The fourth-order valence-electron chi connectivity index (χ4n) is 2.89. The third-order valence-corrected chi connectivity index (χ3v) is 5.51. The Morgan fingerprint density at radius 1 is 1.37 bits per heavy atom. The van der Waals surface area contributed by atoms with Crippen molar-refractivity contribution in [3.63, 3.8) is 0 Å². The number of carbonyl (C=O) groups is 1. The monoisotopic (exact) mass is 399 g/mol.